The summed E-state index contributed by atoms with van der Waals surface area (Å²) in [7, 11) is 0. The van der Waals surface area contributed by atoms with Gasteiger partial charge in [-0.05, 0) is 97.9 Å². The predicted octanol–water partition coefficient (Wildman–Crippen LogP) is 5.49. The van der Waals surface area contributed by atoms with Crippen LogP contribution in [0.5, 0.6) is 0 Å². The molecule has 1 saturated carbocycles. The van der Waals surface area contributed by atoms with E-state index in [1.807, 2.05) is 0 Å². The molecule has 1 aliphatic heterocycles. The summed E-state index contributed by atoms with van der Waals surface area (Å²) in [4.78, 5) is 2.47. The first-order valence-electron chi connectivity index (χ1n) is 11.8. The summed E-state index contributed by atoms with van der Waals surface area (Å²) < 4.78 is 18.1. The molecule has 0 N–H and O–H groups in total. The Morgan fingerprint density at radius 1 is 0.903 bits per heavy atom. The number of ether oxygens (including phenoxy) is 3. The van der Waals surface area contributed by atoms with Gasteiger partial charge in [-0.3, -0.25) is 0 Å². The standard InChI is InChI=1S/C27H41NO3/c1-20-15-21(9-8-14-29-26(2,3)4)17-22(16-20)28-12-10-23(11-13-28)30-24-18-25(19-24)31-27(5,6)7/h15-17,23-25H,10-14,18-19H2,1-7H3. The van der Waals surface area contributed by atoms with E-state index in [9.17, 15) is 0 Å². The number of nitrogens with zero attached hydrogens (tertiary/aromatic N) is 1. The normalized spacial score (nSPS) is 22.6. The number of piperidine rings is 1. The number of benzene rings is 1. The molecule has 0 radical (unpaired) electrons. The van der Waals surface area contributed by atoms with E-state index < -0.39 is 0 Å². The maximum Gasteiger partial charge on any atom is 0.108 e. The van der Waals surface area contributed by atoms with Crippen molar-refractivity contribution in [3.63, 3.8) is 0 Å². The molecule has 0 spiro atoms. The predicted molar refractivity (Wildman–Crippen MR) is 128 cm³/mol. The Hall–Kier alpha value is -1.54. The Morgan fingerprint density at radius 2 is 1.58 bits per heavy atom. The molecule has 0 atom stereocenters. The Labute approximate surface area is 189 Å². The topological polar surface area (TPSA) is 30.9 Å². The van der Waals surface area contributed by atoms with Crippen LogP contribution in [0, 0.1) is 18.8 Å². The van der Waals surface area contributed by atoms with Gasteiger partial charge in [-0.25, -0.2) is 0 Å². The van der Waals surface area contributed by atoms with E-state index in [4.69, 9.17) is 14.2 Å². The minimum atomic E-state index is -0.154. The summed E-state index contributed by atoms with van der Waals surface area (Å²) in [6.45, 7) is 17.2. The van der Waals surface area contributed by atoms with Gasteiger partial charge in [-0.15, -0.1) is 0 Å². The van der Waals surface area contributed by atoms with Crippen molar-refractivity contribution in [3.8, 4) is 11.8 Å². The van der Waals surface area contributed by atoms with E-state index in [1.54, 1.807) is 0 Å². The maximum absolute atomic E-state index is 6.35. The van der Waals surface area contributed by atoms with E-state index >= 15 is 0 Å². The van der Waals surface area contributed by atoms with Gasteiger partial charge in [0.05, 0.1) is 29.5 Å². The van der Waals surface area contributed by atoms with Crippen LogP contribution in [0.2, 0.25) is 0 Å². The van der Waals surface area contributed by atoms with Crippen molar-refractivity contribution >= 4 is 5.69 Å². The average Bonchev–Trinajstić information content (AvgIpc) is 2.62. The summed E-state index contributed by atoms with van der Waals surface area (Å²) >= 11 is 0. The fourth-order valence-electron chi connectivity index (χ4n) is 4.16. The Balaban J connectivity index is 1.46. The van der Waals surface area contributed by atoms with Crippen molar-refractivity contribution in [2.75, 3.05) is 24.6 Å². The van der Waals surface area contributed by atoms with Gasteiger partial charge >= 0.3 is 0 Å². The number of hydrogen-bond acceptors (Lipinski definition) is 4. The van der Waals surface area contributed by atoms with Crippen LogP contribution in [0.4, 0.5) is 5.69 Å². The third-order valence-corrected chi connectivity index (χ3v) is 5.64. The minimum absolute atomic E-state index is 0.0579. The number of aryl methyl sites for hydroxylation is 1. The highest BCUT2D eigenvalue weighted by Crippen LogP contribution is 2.33. The van der Waals surface area contributed by atoms with Crippen molar-refractivity contribution in [1.82, 2.24) is 0 Å². The lowest BCUT2D eigenvalue weighted by molar-refractivity contribution is -0.164. The lowest BCUT2D eigenvalue weighted by atomic mass is 9.90. The second-order valence-corrected chi connectivity index (χ2v) is 11.0. The molecule has 0 amide bonds. The quantitative estimate of drug-likeness (QED) is 0.581. The summed E-state index contributed by atoms with van der Waals surface area (Å²) in [5.41, 5.74) is 3.36. The molecule has 1 aliphatic carbocycles. The zero-order valence-corrected chi connectivity index (χ0v) is 20.6. The van der Waals surface area contributed by atoms with Gasteiger partial charge in [0.1, 0.15) is 6.61 Å². The lowest BCUT2D eigenvalue weighted by Crippen LogP contribution is -2.45. The van der Waals surface area contributed by atoms with Crippen molar-refractivity contribution < 1.29 is 14.2 Å². The molecule has 0 bridgehead atoms. The van der Waals surface area contributed by atoms with E-state index in [0.717, 1.165) is 44.3 Å². The molecule has 2 fully saturated rings. The molecular weight excluding hydrogens is 386 g/mol. The van der Waals surface area contributed by atoms with E-state index in [2.05, 4.69) is 83.4 Å². The molecule has 4 heteroatoms. The van der Waals surface area contributed by atoms with E-state index in [1.165, 1.54) is 11.3 Å². The van der Waals surface area contributed by atoms with Gasteiger partial charge in [-0.2, -0.15) is 0 Å². The van der Waals surface area contributed by atoms with Crippen molar-refractivity contribution in [2.24, 2.45) is 0 Å². The molecule has 0 unspecified atom stereocenters. The fraction of sp³-hybridized carbons (Fsp3) is 0.704. The van der Waals surface area contributed by atoms with Crippen LogP contribution >= 0.6 is 0 Å². The molecule has 1 heterocycles. The van der Waals surface area contributed by atoms with Gasteiger partial charge in [0.25, 0.3) is 0 Å². The van der Waals surface area contributed by atoms with Gasteiger partial charge in [0.2, 0.25) is 0 Å². The second-order valence-electron chi connectivity index (χ2n) is 11.0. The van der Waals surface area contributed by atoms with E-state index in [0.29, 0.717) is 24.9 Å². The van der Waals surface area contributed by atoms with Crippen LogP contribution in [0.3, 0.4) is 0 Å². The third kappa shape index (κ3) is 8.15. The molecule has 31 heavy (non-hydrogen) atoms. The second kappa shape index (κ2) is 9.94. The Bertz CT molecular complexity index is 779. The number of hydrogen-bond donors (Lipinski definition) is 0. The van der Waals surface area contributed by atoms with Gasteiger partial charge < -0.3 is 19.1 Å². The SMILES string of the molecule is Cc1cc(C#CCOC(C)(C)C)cc(N2CCC(OC3CC(OC(C)(C)C)C3)CC2)c1. The molecule has 2 aliphatic rings. The highest BCUT2D eigenvalue weighted by molar-refractivity contribution is 5.55. The summed E-state index contributed by atoms with van der Waals surface area (Å²) in [5.74, 6) is 6.42. The Kier molecular flexibility index (Phi) is 7.73. The van der Waals surface area contributed by atoms with Crippen LogP contribution in [0.25, 0.3) is 0 Å². The highest BCUT2D eigenvalue weighted by atomic mass is 16.5. The molecular formula is C27H41NO3. The van der Waals surface area contributed by atoms with Crippen LogP contribution < -0.4 is 4.90 Å². The van der Waals surface area contributed by atoms with Gasteiger partial charge in [0.15, 0.2) is 0 Å². The summed E-state index contributed by atoms with van der Waals surface area (Å²) in [5, 5.41) is 0. The van der Waals surface area contributed by atoms with Crippen LogP contribution in [-0.2, 0) is 14.2 Å². The van der Waals surface area contributed by atoms with Crippen LogP contribution in [0.15, 0.2) is 18.2 Å². The van der Waals surface area contributed by atoms with Crippen molar-refractivity contribution in [1.29, 1.82) is 0 Å². The van der Waals surface area contributed by atoms with E-state index in [-0.39, 0.29) is 11.2 Å². The zero-order chi connectivity index (χ0) is 22.6. The molecule has 1 saturated heterocycles. The zero-order valence-electron chi connectivity index (χ0n) is 20.6. The monoisotopic (exact) mass is 427 g/mol. The molecule has 1 aromatic carbocycles. The minimum Gasteiger partial charge on any atom is -0.375 e. The average molecular weight is 428 g/mol. The first kappa shape index (κ1) is 24.1. The molecule has 172 valence electrons. The number of rotatable bonds is 5. The molecule has 0 aromatic heterocycles. The first-order chi connectivity index (χ1) is 14.5. The largest absolute Gasteiger partial charge is 0.375 e. The highest BCUT2D eigenvalue weighted by Gasteiger charge is 2.35. The maximum atomic E-state index is 6.35. The van der Waals surface area contributed by atoms with Crippen molar-refractivity contribution in [2.45, 2.75) is 104 Å². The number of anilines is 1. The van der Waals surface area contributed by atoms with Crippen LogP contribution in [0.1, 0.15) is 78.4 Å². The third-order valence-electron chi connectivity index (χ3n) is 5.64. The molecule has 3 rings (SSSR count). The fourth-order valence-corrected chi connectivity index (χ4v) is 4.16. The molecule has 4 nitrogen and oxygen atoms in total. The lowest BCUT2D eigenvalue weighted by Gasteiger charge is -2.42. The summed E-state index contributed by atoms with van der Waals surface area (Å²) in [6, 6.07) is 6.62. The van der Waals surface area contributed by atoms with Gasteiger partial charge in [0, 0.05) is 24.3 Å². The van der Waals surface area contributed by atoms with Crippen molar-refractivity contribution in [3.05, 3.63) is 29.3 Å². The molecule has 1 aromatic rings. The smallest absolute Gasteiger partial charge is 0.108 e. The first-order valence-corrected chi connectivity index (χ1v) is 11.8. The van der Waals surface area contributed by atoms with Gasteiger partial charge in [-0.1, -0.05) is 11.8 Å². The summed E-state index contributed by atoms with van der Waals surface area (Å²) in [6.07, 6.45) is 5.35. The van der Waals surface area contributed by atoms with Crippen LogP contribution in [-0.4, -0.2) is 49.2 Å². The Morgan fingerprint density at radius 3 is 2.19 bits per heavy atom.